The maximum Gasteiger partial charge on any atom is 0.408 e. The molecule has 1 rings (SSSR count). The minimum atomic E-state index is -1.84. The highest BCUT2D eigenvalue weighted by Gasteiger charge is 2.49. The number of aromatic nitrogens is 1. The number of methoxy groups -OCH3 is 2. The van der Waals surface area contributed by atoms with Crippen LogP contribution in [-0.4, -0.2) is 55.2 Å². The third-order valence-electron chi connectivity index (χ3n) is 4.01. The molecule has 0 saturated heterocycles. The van der Waals surface area contributed by atoms with Gasteiger partial charge in [-0.15, -0.1) is 0 Å². The van der Waals surface area contributed by atoms with Gasteiger partial charge in [0.25, 0.3) is 0 Å². The molecule has 9 nitrogen and oxygen atoms in total. The highest BCUT2D eigenvalue weighted by molar-refractivity contribution is 6.04. The van der Waals surface area contributed by atoms with E-state index >= 15 is 0 Å². The summed E-state index contributed by atoms with van der Waals surface area (Å²) >= 11 is 0. The number of amides is 1. The maximum absolute atomic E-state index is 12.5. The summed E-state index contributed by atoms with van der Waals surface area (Å²) in [5.41, 5.74) is -1.92. The summed E-state index contributed by atoms with van der Waals surface area (Å²) < 4.78 is 14.7. The first-order valence-corrected chi connectivity index (χ1v) is 9.09. The second-order valence-electron chi connectivity index (χ2n) is 7.46. The standard InChI is InChI=1S/C20H28N2O7/c1-19(2,3)29-18(26)22-13-15(23)12-20(16(24)27-4,17(25)28-5)10-9-14-8-6-7-11-21-14/h6-8,11H,9-10,12-13H2,1-5H3,(H,22,26). The molecule has 9 heteroatoms. The number of ether oxygens (including phenoxy) is 3. The summed E-state index contributed by atoms with van der Waals surface area (Å²) in [6, 6.07) is 5.25. The summed E-state index contributed by atoms with van der Waals surface area (Å²) in [5, 5.41) is 2.32. The van der Waals surface area contributed by atoms with Crippen LogP contribution >= 0.6 is 0 Å². The van der Waals surface area contributed by atoms with Gasteiger partial charge in [0, 0.05) is 18.3 Å². The van der Waals surface area contributed by atoms with E-state index in [0.29, 0.717) is 5.69 Å². The summed E-state index contributed by atoms with van der Waals surface area (Å²) in [6.45, 7) is 4.65. The summed E-state index contributed by atoms with van der Waals surface area (Å²) in [6.07, 6.45) is 0.526. The molecule has 1 amide bonds. The molecule has 0 aliphatic carbocycles. The fraction of sp³-hybridized carbons (Fsp3) is 0.550. The van der Waals surface area contributed by atoms with Crippen LogP contribution in [0.25, 0.3) is 0 Å². The van der Waals surface area contributed by atoms with Crippen LogP contribution in [0.15, 0.2) is 24.4 Å². The number of aryl methyl sites for hydroxylation is 1. The van der Waals surface area contributed by atoms with Gasteiger partial charge in [-0.3, -0.25) is 19.4 Å². The van der Waals surface area contributed by atoms with E-state index in [9.17, 15) is 19.2 Å². The van der Waals surface area contributed by atoms with Crippen molar-refractivity contribution in [2.75, 3.05) is 20.8 Å². The molecule has 0 spiro atoms. The van der Waals surface area contributed by atoms with Gasteiger partial charge < -0.3 is 19.5 Å². The molecular weight excluding hydrogens is 380 g/mol. The van der Waals surface area contributed by atoms with E-state index in [1.165, 1.54) is 0 Å². The second-order valence-corrected chi connectivity index (χ2v) is 7.46. The molecule has 1 heterocycles. The number of esters is 2. The van der Waals surface area contributed by atoms with Crippen LogP contribution < -0.4 is 5.32 Å². The topological polar surface area (TPSA) is 121 Å². The Hall–Kier alpha value is -2.97. The SMILES string of the molecule is COC(=O)C(CCc1ccccn1)(CC(=O)CNC(=O)OC(C)(C)C)C(=O)OC. The highest BCUT2D eigenvalue weighted by atomic mass is 16.6. The normalized spacial score (nSPS) is 11.3. The smallest absolute Gasteiger partial charge is 0.408 e. The van der Waals surface area contributed by atoms with Crippen LogP contribution in [0.2, 0.25) is 0 Å². The molecule has 0 atom stereocenters. The van der Waals surface area contributed by atoms with Crippen molar-refractivity contribution in [3.05, 3.63) is 30.1 Å². The first kappa shape index (κ1) is 24.1. The van der Waals surface area contributed by atoms with Gasteiger partial charge in [0.15, 0.2) is 11.2 Å². The molecule has 1 aromatic heterocycles. The van der Waals surface area contributed by atoms with Crippen LogP contribution in [0.4, 0.5) is 4.79 Å². The van der Waals surface area contributed by atoms with Gasteiger partial charge in [-0.05, 0) is 45.7 Å². The number of carbonyl (C=O) groups is 4. The van der Waals surface area contributed by atoms with E-state index in [4.69, 9.17) is 14.2 Å². The molecule has 0 aliphatic heterocycles. The molecule has 0 radical (unpaired) electrons. The minimum Gasteiger partial charge on any atom is -0.468 e. The predicted molar refractivity (Wildman–Crippen MR) is 103 cm³/mol. The predicted octanol–water partition coefficient (Wildman–Crippen LogP) is 1.83. The number of nitrogens with one attached hydrogen (secondary N) is 1. The van der Waals surface area contributed by atoms with E-state index in [1.54, 1.807) is 45.2 Å². The molecular formula is C20H28N2O7. The lowest BCUT2D eigenvalue weighted by Crippen LogP contribution is -2.45. The molecule has 1 aromatic rings. The quantitative estimate of drug-likeness (QED) is 0.373. The zero-order valence-electron chi connectivity index (χ0n) is 17.4. The Morgan fingerprint density at radius 2 is 1.66 bits per heavy atom. The first-order chi connectivity index (χ1) is 13.5. The van der Waals surface area contributed by atoms with E-state index in [0.717, 1.165) is 14.2 Å². The number of hydrogen-bond donors (Lipinski definition) is 1. The van der Waals surface area contributed by atoms with E-state index in [2.05, 4.69) is 10.3 Å². The van der Waals surface area contributed by atoms with Crippen molar-refractivity contribution < 1.29 is 33.4 Å². The highest BCUT2D eigenvalue weighted by Crippen LogP contribution is 2.32. The second kappa shape index (κ2) is 10.5. The number of carbonyl (C=O) groups excluding carboxylic acids is 4. The van der Waals surface area contributed by atoms with Crippen LogP contribution in [0.3, 0.4) is 0 Å². The number of alkyl carbamates (subject to hydrolysis) is 1. The van der Waals surface area contributed by atoms with Crippen LogP contribution in [0.1, 0.15) is 39.3 Å². The van der Waals surface area contributed by atoms with E-state index in [-0.39, 0.29) is 12.8 Å². The zero-order valence-corrected chi connectivity index (χ0v) is 17.4. The average Bonchev–Trinajstić information content (AvgIpc) is 2.67. The van der Waals surface area contributed by atoms with Gasteiger partial charge >= 0.3 is 18.0 Å². The Bertz CT molecular complexity index is 710. The van der Waals surface area contributed by atoms with Crippen molar-refractivity contribution in [2.45, 2.75) is 45.6 Å². The Morgan fingerprint density at radius 1 is 1.03 bits per heavy atom. The number of rotatable bonds is 9. The molecule has 0 unspecified atom stereocenters. The summed E-state index contributed by atoms with van der Waals surface area (Å²) in [7, 11) is 2.26. The number of hydrogen-bond acceptors (Lipinski definition) is 8. The molecule has 1 N–H and O–H groups in total. The molecule has 0 aliphatic rings. The molecule has 0 saturated carbocycles. The third kappa shape index (κ3) is 7.52. The fourth-order valence-electron chi connectivity index (χ4n) is 2.68. The molecule has 29 heavy (non-hydrogen) atoms. The fourth-order valence-corrected chi connectivity index (χ4v) is 2.68. The lowest BCUT2D eigenvalue weighted by Gasteiger charge is -2.27. The van der Waals surface area contributed by atoms with Crippen molar-refractivity contribution >= 4 is 23.8 Å². The van der Waals surface area contributed by atoms with Crippen LogP contribution in [0.5, 0.6) is 0 Å². The Morgan fingerprint density at radius 3 is 2.14 bits per heavy atom. The Balaban J connectivity index is 2.94. The van der Waals surface area contributed by atoms with Gasteiger partial charge in [-0.2, -0.15) is 0 Å². The van der Waals surface area contributed by atoms with Gasteiger partial charge in [-0.25, -0.2) is 4.79 Å². The van der Waals surface area contributed by atoms with Crippen molar-refractivity contribution in [3.8, 4) is 0 Å². The summed E-state index contributed by atoms with van der Waals surface area (Å²) in [4.78, 5) is 53.4. The van der Waals surface area contributed by atoms with Crippen molar-refractivity contribution in [2.24, 2.45) is 5.41 Å². The number of Topliss-reactive ketones (excluding diaryl/α,β-unsaturated/α-hetero) is 1. The lowest BCUT2D eigenvalue weighted by molar-refractivity contribution is -0.171. The number of nitrogens with zero attached hydrogens (tertiary/aromatic N) is 1. The average molecular weight is 408 g/mol. The first-order valence-electron chi connectivity index (χ1n) is 9.09. The van der Waals surface area contributed by atoms with E-state index in [1.807, 2.05) is 0 Å². The molecule has 0 aromatic carbocycles. The lowest BCUT2D eigenvalue weighted by atomic mass is 9.78. The maximum atomic E-state index is 12.5. The van der Waals surface area contributed by atoms with Gasteiger partial charge in [0.1, 0.15) is 5.60 Å². The monoisotopic (exact) mass is 408 g/mol. The van der Waals surface area contributed by atoms with Crippen LogP contribution in [0, 0.1) is 5.41 Å². The Kier molecular flexibility index (Phi) is 8.75. The van der Waals surface area contributed by atoms with Crippen molar-refractivity contribution in [1.82, 2.24) is 10.3 Å². The Labute approximate surface area is 170 Å². The van der Waals surface area contributed by atoms with Crippen molar-refractivity contribution in [1.29, 1.82) is 0 Å². The zero-order chi connectivity index (χ0) is 22.1. The third-order valence-corrected chi connectivity index (χ3v) is 4.01. The van der Waals surface area contributed by atoms with Gasteiger partial charge in [0.05, 0.1) is 20.8 Å². The largest absolute Gasteiger partial charge is 0.468 e. The molecule has 160 valence electrons. The molecule has 0 bridgehead atoms. The van der Waals surface area contributed by atoms with Crippen LogP contribution in [-0.2, 0) is 35.0 Å². The molecule has 0 fully saturated rings. The summed E-state index contributed by atoms with van der Waals surface area (Å²) in [5.74, 6) is -2.32. The number of pyridine rings is 1. The van der Waals surface area contributed by atoms with Gasteiger partial charge in [-0.1, -0.05) is 6.07 Å². The minimum absolute atomic E-state index is 0.0401. The van der Waals surface area contributed by atoms with Gasteiger partial charge in [0.2, 0.25) is 0 Å². The van der Waals surface area contributed by atoms with E-state index < -0.39 is 47.8 Å². The van der Waals surface area contributed by atoms with Crippen molar-refractivity contribution in [3.63, 3.8) is 0 Å². The number of ketones is 1.